The first-order valence-electron chi connectivity index (χ1n) is 6.30. The number of benzene rings is 1. The molecule has 0 aliphatic rings. The highest BCUT2D eigenvalue weighted by atomic mass is 19.2. The molecular formula is C14H10F2N4O2. The third-order valence-corrected chi connectivity index (χ3v) is 3.13. The minimum absolute atomic E-state index is 0.112. The molecule has 0 aliphatic heterocycles. The molecular weight excluding hydrogens is 294 g/mol. The van der Waals surface area contributed by atoms with Crippen LogP contribution >= 0.6 is 0 Å². The highest BCUT2D eigenvalue weighted by Crippen LogP contribution is 2.11. The normalized spacial score (nSPS) is 11.0. The van der Waals surface area contributed by atoms with Crippen LogP contribution in [-0.2, 0) is 6.54 Å². The van der Waals surface area contributed by atoms with Crippen molar-refractivity contribution in [3.8, 4) is 5.69 Å². The van der Waals surface area contributed by atoms with Crippen LogP contribution in [0.25, 0.3) is 11.3 Å². The topological polar surface area (TPSA) is 61.3 Å². The van der Waals surface area contributed by atoms with Gasteiger partial charge in [-0.1, -0.05) is 6.08 Å². The third kappa shape index (κ3) is 2.05. The van der Waals surface area contributed by atoms with Crippen LogP contribution in [-0.4, -0.2) is 18.7 Å². The fourth-order valence-electron chi connectivity index (χ4n) is 2.09. The van der Waals surface area contributed by atoms with E-state index in [2.05, 4.69) is 11.7 Å². The maximum absolute atomic E-state index is 13.3. The van der Waals surface area contributed by atoms with Crippen molar-refractivity contribution < 1.29 is 8.78 Å². The molecule has 0 unspecified atom stereocenters. The molecule has 0 atom stereocenters. The Balaban J connectivity index is 2.26. The van der Waals surface area contributed by atoms with Crippen LogP contribution in [0.15, 0.2) is 52.8 Å². The number of hydrogen-bond donors (Lipinski definition) is 0. The summed E-state index contributed by atoms with van der Waals surface area (Å²) in [6.07, 6.45) is 4.11. The molecule has 1 aromatic carbocycles. The summed E-state index contributed by atoms with van der Waals surface area (Å²) >= 11 is 0. The zero-order valence-electron chi connectivity index (χ0n) is 11.2. The molecule has 0 spiro atoms. The number of allylic oxidation sites excluding steroid dienone is 1. The lowest BCUT2D eigenvalue weighted by molar-refractivity contribution is 0.508. The molecule has 2 aromatic heterocycles. The Morgan fingerprint density at radius 2 is 1.95 bits per heavy atom. The number of rotatable bonds is 3. The van der Waals surface area contributed by atoms with E-state index in [-0.39, 0.29) is 17.9 Å². The molecule has 22 heavy (non-hydrogen) atoms. The van der Waals surface area contributed by atoms with E-state index in [0.717, 1.165) is 25.8 Å². The number of nitrogens with zero attached hydrogens (tertiary/aromatic N) is 4. The Hall–Kier alpha value is -3.03. The first-order valence-corrected chi connectivity index (χ1v) is 6.30. The van der Waals surface area contributed by atoms with E-state index in [1.54, 1.807) is 0 Å². The quantitative estimate of drug-likeness (QED) is 0.681. The molecule has 0 radical (unpaired) electrons. The van der Waals surface area contributed by atoms with Gasteiger partial charge in [-0.3, -0.25) is 9.36 Å². The van der Waals surface area contributed by atoms with Gasteiger partial charge in [-0.2, -0.15) is 0 Å². The van der Waals surface area contributed by atoms with E-state index in [4.69, 9.17) is 0 Å². The summed E-state index contributed by atoms with van der Waals surface area (Å²) in [5.41, 5.74) is -1.07. The molecule has 8 heteroatoms. The van der Waals surface area contributed by atoms with E-state index in [9.17, 15) is 18.4 Å². The van der Waals surface area contributed by atoms with Gasteiger partial charge in [-0.15, -0.1) is 11.7 Å². The SMILES string of the molecule is C=CCn1nc2c(=O)n(-c3ccc(F)c(F)c3)ccn2c1=O. The van der Waals surface area contributed by atoms with Crippen molar-refractivity contribution in [1.29, 1.82) is 0 Å². The lowest BCUT2D eigenvalue weighted by Crippen LogP contribution is -2.24. The summed E-state index contributed by atoms with van der Waals surface area (Å²) < 4.78 is 29.5. The highest BCUT2D eigenvalue weighted by molar-refractivity contribution is 5.40. The van der Waals surface area contributed by atoms with Crippen LogP contribution in [0, 0.1) is 11.6 Å². The smallest absolute Gasteiger partial charge is 0.279 e. The summed E-state index contributed by atoms with van der Waals surface area (Å²) in [5.74, 6) is -2.08. The second kappa shape index (κ2) is 5.06. The maximum Gasteiger partial charge on any atom is 0.350 e. The van der Waals surface area contributed by atoms with E-state index in [1.807, 2.05) is 0 Å². The lowest BCUT2D eigenvalue weighted by atomic mass is 10.3. The van der Waals surface area contributed by atoms with Gasteiger partial charge in [-0.25, -0.2) is 22.7 Å². The fourth-order valence-corrected chi connectivity index (χ4v) is 2.09. The number of hydrogen-bond acceptors (Lipinski definition) is 3. The van der Waals surface area contributed by atoms with Gasteiger partial charge in [0, 0.05) is 18.5 Å². The molecule has 0 amide bonds. The van der Waals surface area contributed by atoms with Crippen LogP contribution in [0.1, 0.15) is 0 Å². The van der Waals surface area contributed by atoms with Crippen LogP contribution in [0.3, 0.4) is 0 Å². The number of aromatic nitrogens is 4. The summed E-state index contributed by atoms with van der Waals surface area (Å²) in [7, 11) is 0. The van der Waals surface area contributed by atoms with Crippen molar-refractivity contribution in [3.05, 3.63) is 75.7 Å². The summed E-state index contributed by atoms with van der Waals surface area (Å²) in [5, 5.41) is 3.92. The van der Waals surface area contributed by atoms with Gasteiger partial charge in [-0.05, 0) is 12.1 Å². The number of fused-ring (bicyclic) bond motifs is 1. The molecule has 0 fully saturated rings. The third-order valence-electron chi connectivity index (χ3n) is 3.13. The highest BCUT2D eigenvalue weighted by Gasteiger charge is 2.13. The van der Waals surface area contributed by atoms with E-state index in [0.29, 0.717) is 0 Å². The average molecular weight is 304 g/mol. The van der Waals surface area contributed by atoms with E-state index < -0.39 is 22.9 Å². The molecule has 0 N–H and O–H groups in total. The Bertz CT molecular complexity index is 1000. The molecule has 112 valence electrons. The maximum atomic E-state index is 13.3. The van der Waals surface area contributed by atoms with Crippen LogP contribution in [0.4, 0.5) is 8.78 Å². The van der Waals surface area contributed by atoms with E-state index in [1.165, 1.54) is 24.5 Å². The molecule has 3 aromatic rings. The summed E-state index contributed by atoms with van der Waals surface area (Å²) in [4.78, 5) is 24.4. The molecule has 0 saturated carbocycles. The minimum atomic E-state index is -1.07. The second-order valence-corrected chi connectivity index (χ2v) is 4.52. The average Bonchev–Trinajstić information content (AvgIpc) is 2.81. The monoisotopic (exact) mass is 304 g/mol. The second-order valence-electron chi connectivity index (χ2n) is 4.52. The molecule has 3 rings (SSSR count). The lowest BCUT2D eigenvalue weighted by Gasteiger charge is -2.05. The first kappa shape index (κ1) is 13.9. The number of halogens is 2. The molecule has 0 aliphatic carbocycles. The van der Waals surface area contributed by atoms with Crippen LogP contribution in [0.5, 0.6) is 0 Å². The molecule has 0 bridgehead atoms. The van der Waals surface area contributed by atoms with Gasteiger partial charge in [0.2, 0.25) is 5.65 Å². The van der Waals surface area contributed by atoms with Crippen molar-refractivity contribution in [2.24, 2.45) is 0 Å². The largest absolute Gasteiger partial charge is 0.350 e. The zero-order chi connectivity index (χ0) is 15.9. The first-order chi connectivity index (χ1) is 10.5. The van der Waals surface area contributed by atoms with Gasteiger partial charge in [0.1, 0.15) is 0 Å². The fraction of sp³-hybridized carbons (Fsp3) is 0.0714. The summed E-state index contributed by atoms with van der Waals surface area (Å²) in [6, 6.07) is 3.07. The molecule has 0 saturated heterocycles. The van der Waals surface area contributed by atoms with Crippen molar-refractivity contribution in [1.82, 2.24) is 18.7 Å². The van der Waals surface area contributed by atoms with Crippen molar-refractivity contribution in [2.75, 3.05) is 0 Å². The Kier molecular flexibility index (Phi) is 3.21. The van der Waals surface area contributed by atoms with E-state index >= 15 is 0 Å². The van der Waals surface area contributed by atoms with Crippen molar-refractivity contribution in [3.63, 3.8) is 0 Å². The Labute approximate surface area is 122 Å². The minimum Gasteiger partial charge on any atom is -0.279 e. The molecule has 6 nitrogen and oxygen atoms in total. The van der Waals surface area contributed by atoms with Crippen LogP contribution < -0.4 is 11.2 Å². The van der Waals surface area contributed by atoms with Gasteiger partial charge in [0.15, 0.2) is 11.6 Å². The molecule has 2 heterocycles. The van der Waals surface area contributed by atoms with Gasteiger partial charge in [0.25, 0.3) is 0 Å². The standard InChI is InChI=1S/C14H10F2N4O2/c1-2-5-20-14(22)19-7-6-18(13(21)12(19)17-20)9-3-4-10(15)11(16)8-9/h2-4,6-8H,1,5H2. The predicted molar refractivity (Wildman–Crippen MR) is 75.2 cm³/mol. The summed E-state index contributed by atoms with van der Waals surface area (Å²) in [6.45, 7) is 3.66. The van der Waals surface area contributed by atoms with Crippen LogP contribution in [0.2, 0.25) is 0 Å². The zero-order valence-corrected chi connectivity index (χ0v) is 11.2. The Morgan fingerprint density at radius 1 is 1.18 bits per heavy atom. The van der Waals surface area contributed by atoms with Crippen molar-refractivity contribution in [2.45, 2.75) is 6.54 Å². The Morgan fingerprint density at radius 3 is 2.64 bits per heavy atom. The van der Waals surface area contributed by atoms with Gasteiger partial charge in [0.05, 0.1) is 12.2 Å². The van der Waals surface area contributed by atoms with Gasteiger partial charge >= 0.3 is 11.2 Å². The predicted octanol–water partition coefficient (Wildman–Crippen LogP) is 1.11. The van der Waals surface area contributed by atoms with Crippen molar-refractivity contribution >= 4 is 5.65 Å². The van der Waals surface area contributed by atoms with Gasteiger partial charge < -0.3 is 0 Å².